The summed E-state index contributed by atoms with van der Waals surface area (Å²) < 4.78 is 5.29. The summed E-state index contributed by atoms with van der Waals surface area (Å²) in [6, 6.07) is 5.79. The highest BCUT2D eigenvalue weighted by molar-refractivity contribution is 8.00. The van der Waals surface area contributed by atoms with Crippen molar-refractivity contribution < 1.29 is 9.53 Å². The maximum Gasteiger partial charge on any atom is 0.234 e. The third-order valence-electron chi connectivity index (χ3n) is 3.37. The molecule has 4 nitrogen and oxygen atoms in total. The van der Waals surface area contributed by atoms with E-state index in [1.54, 1.807) is 18.9 Å². The number of methoxy groups -OCH3 is 1. The molecule has 1 aliphatic rings. The normalized spacial score (nSPS) is 15.9. The van der Waals surface area contributed by atoms with Gasteiger partial charge < -0.3 is 15.4 Å². The van der Waals surface area contributed by atoms with E-state index in [-0.39, 0.29) is 5.91 Å². The zero-order chi connectivity index (χ0) is 14.4. The van der Waals surface area contributed by atoms with Gasteiger partial charge in [-0.25, -0.2) is 0 Å². The summed E-state index contributed by atoms with van der Waals surface area (Å²) in [6.07, 6.45) is 2.29. The molecule has 1 saturated heterocycles. The number of thioether (sulfide) groups is 1. The Kier molecular flexibility index (Phi) is 5.73. The minimum Gasteiger partial charge on any atom is -0.495 e. The summed E-state index contributed by atoms with van der Waals surface area (Å²) in [4.78, 5) is 12.0. The van der Waals surface area contributed by atoms with Crippen LogP contribution in [0.5, 0.6) is 5.75 Å². The Bertz CT molecular complexity index is 459. The summed E-state index contributed by atoms with van der Waals surface area (Å²) in [5.74, 6) is 1.25. The number of hydrogen-bond acceptors (Lipinski definition) is 4. The van der Waals surface area contributed by atoms with Crippen LogP contribution in [-0.4, -0.2) is 37.1 Å². The van der Waals surface area contributed by atoms with Gasteiger partial charge in [0.2, 0.25) is 5.91 Å². The number of nitrogens with one attached hydrogen (secondary N) is 2. The third kappa shape index (κ3) is 4.42. The van der Waals surface area contributed by atoms with E-state index in [1.165, 1.54) is 0 Å². The highest BCUT2D eigenvalue weighted by atomic mass is 32.2. The number of piperidine rings is 1. The molecule has 5 heteroatoms. The second-order valence-electron chi connectivity index (χ2n) is 5.01. The maximum atomic E-state index is 12.0. The first-order valence-electron chi connectivity index (χ1n) is 6.96. The molecule has 0 unspecified atom stereocenters. The van der Waals surface area contributed by atoms with Crippen molar-refractivity contribution in [2.45, 2.75) is 25.0 Å². The number of aryl methyl sites for hydroxylation is 1. The largest absolute Gasteiger partial charge is 0.495 e. The van der Waals surface area contributed by atoms with E-state index in [4.69, 9.17) is 4.74 Å². The van der Waals surface area contributed by atoms with Gasteiger partial charge >= 0.3 is 0 Å². The van der Waals surface area contributed by atoms with Crippen LogP contribution >= 0.6 is 11.8 Å². The number of carbonyl (C=O) groups is 1. The molecule has 1 amide bonds. The Morgan fingerprint density at radius 3 is 2.90 bits per heavy atom. The van der Waals surface area contributed by atoms with E-state index in [9.17, 15) is 4.79 Å². The third-order valence-corrected chi connectivity index (χ3v) is 4.74. The molecule has 1 fully saturated rings. The average molecular weight is 294 g/mol. The van der Waals surface area contributed by atoms with Gasteiger partial charge in [-0.3, -0.25) is 4.79 Å². The number of amides is 1. The lowest BCUT2D eigenvalue weighted by molar-refractivity contribution is -0.113. The minimum atomic E-state index is 0.0377. The van der Waals surface area contributed by atoms with Crippen molar-refractivity contribution in [3.8, 4) is 5.75 Å². The molecule has 20 heavy (non-hydrogen) atoms. The molecule has 0 bridgehead atoms. The summed E-state index contributed by atoms with van der Waals surface area (Å²) in [7, 11) is 1.62. The number of rotatable bonds is 5. The quantitative estimate of drug-likeness (QED) is 0.876. The number of carbonyl (C=O) groups excluding carboxylic acids is 1. The molecule has 2 N–H and O–H groups in total. The van der Waals surface area contributed by atoms with Crippen LogP contribution in [0.1, 0.15) is 18.4 Å². The maximum absolute atomic E-state index is 12.0. The van der Waals surface area contributed by atoms with Crippen LogP contribution in [0, 0.1) is 6.92 Å². The Balaban J connectivity index is 1.84. The summed E-state index contributed by atoms with van der Waals surface area (Å²) in [5, 5.41) is 6.86. The van der Waals surface area contributed by atoms with Gasteiger partial charge in [-0.15, -0.1) is 11.8 Å². The molecule has 2 rings (SSSR count). The SMILES string of the molecule is COc1cc(C)ccc1NC(=O)CSC1CCNCC1. The highest BCUT2D eigenvalue weighted by Crippen LogP contribution is 2.26. The molecule has 1 heterocycles. The topological polar surface area (TPSA) is 50.4 Å². The molecule has 0 spiro atoms. The van der Waals surface area contributed by atoms with Gasteiger partial charge in [0.15, 0.2) is 0 Å². The van der Waals surface area contributed by atoms with Gasteiger partial charge in [0.25, 0.3) is 0 Å². The highest BCUT2D eigenvalue weighted by Gasteiger charge is 2.15. The van der Waals surface area contributed by atoms with Crippen molar-refractivity contribution in [2.24, 2.45) is 0 Å². The van der Waals surface area contributed by atoms with E-state index < -0.39 is 0 Å². The Morgan fingerprint density at radius 2 is 2.20 bits per heavy atom. The molecule has 0 aromatic heterocycles. The van der Waals surface area contributed by atoms with Crippen molar-refractivity contribution in [2.75, 3.05) is 31.3 Å². The van der Waals surface area contributed by atoms with Crippen LogP contribution < -0.4 is 15.4 Å². The van der Waals surface area contributed by atoms with Crippen LogP contribution in [0.2, 0.25) is 0 Å². The zero-order valence-corrected chi connectivity index (χ0v) is 12.9. The Morgan fingerprint density at radius 1 is 1.45 bits per heavy atom. The van der Waals surface area contributed by atoms with Crippen molar-refractivity contribution in [3.05, 3.63) is 23.8 Å². The lowest BCUT2D eigenvalue weighted by Crippen LogP contribution is -2.30. The van der Waals surface area contributed by atoms with Crippen LogP contribution in [0.3, 0.4) is 0 Å². The second-order valence-corrected chi connectivity index (χ2v) is 6.30. The average Bonchev–Trinajstić information content (AvgIpc) is 2.48. The van der Waals surface area contributed by atoms with Gasteiger partial charge in [-0.05, 0) is 50.6 Å². The second kappa shape index (κ2) is 7.55. The lowest BCUT2D eigenvalue weighted by atomic mass is 10.2. The molecule has 1 aromatic carbocycles. The minimum absolute atomic E-state index is 0.0377. The molecular formula is C15H22N2O2S. The molecule has 1 aromatic rings. The van der Waals surface area contributed by atoms with Crippen LogP contribution in [0.15, 0.2) is 18.2 Å². The zero-order valence-electron chi connectivity index (χ0n) is 12.1. The molecule has 0 atom stereocenters. The number of benzene rings is 1. The Hall–Kier alpha value is -1.20. The van der Waals surface area contributed by atoms with Crippen molar-refractivity contribution in [1.82, 2.24) is 5.32 Å². The van der Waals surface area contributed by atoms with E-state index >= 15 is 0 Å². The van der Waals surface area contributed by atoms with Crippen molar-refractivity contribution in [3.63, 3.8) is 0 Å². The Labute approximate surface area is 124 Å². The van der Waals surface area contributed by atoms with Crippen molar-refractivity contribution in [1.29, 1.82) is 0 Å². The van der Waals surface area contributed by atoms with E-state index in [0.717, 1.165) is 37.2 Å². The predicted molar refractivity (Wildman–Crippen MR) is 84.7 cm³/mol. The summed E-state index contributed by atoms with van der Waals surface area (Å²) >= 11 is 1.75. The van der Waals surface area contributed by atoms with Crippen LogP contribution in [0.25, 0.3) is 0 Å². The fourth-order valence-electron chi connectivity index (χ4n) is 2.24. The first-order chi connectivity index (χ1) is 9.69. The molecule has 110 valence electrons. The molecule has 0 aliphatic carbocycles. The first kappa shape index (κ1) is 15.2. The fourth-order valence-corrected chi connectivity index (χ4v) is 3.27. The van der Waals surface area contributed by atoms with Crippen molar-refractivity contribution >= 4 is 23.4 Å². The smallest absolute Gasteiger partial charge is 0.234 e. The number of ether oxygens (including phenoxy) is 1. The van der Waals surface area contributed by atoms with Crippen LogP contribution in [-0.2, 0) is 4.79 Å². The lowest BCUT2D eigenvalue weighted by Gasteiger charge is -2.21. The number of hydrogen-bond donors (Lipinski definition) is 2. The van der Waals surface area contributed by atoms with E-state index in [2.05, 4.69) is 10.6 Å². The van der Waals surface area contributed by atoms with E-state index in [0.29, 0.717) is 16.8 Å². The van der Waals surface area contributed by atoms with Gasteiger partial charge in [0, 0.05) is 5.25 Å². The predicted octanol–water partition coefficient (Wildman–Crippen LogP) is 2.43. The molecular weight excluding hydrogens is 272 g/mol. The van der Waals surface area contributed by atoms with E-state index in [1.807, 2.05) is 25.1 Å². The molecule has 0 radical (unpaired) electrons. The standard InChI is InChI=1S/C15H22N2O2S/c1-11-3-4-13(14(9-11)19-2)17-15(18)10-20-12-5-7-16-8-6-12/h3-4,9,12,16H,5-8,10H2,1-2H3,(H,17,18). The van der Waals surface area contributed by atoms with Crippen LogP contribution in [0.4, 0.5) is 5.69 Å². The van der Waals surface area contributed by atoms with Gasteiger partial charge in [-0.1, -0.05) is 6.07 Å². The van der Waals surface area contributed by atoms with Gasteiger partial charge in [0.1, 0.15) is 5.75 Å². The number of anilines is 1. The summed E-state index contributed by atoms with van der Waals surface area (Å²) in [5.41, 5.74) is 1.86. The molecule has 0 saturated carbocycles. The summed E-state index contributed by atoms with van der Waals surface area (Å²) in [6.45, 7) is 4.12. The molecule has 1 aliphatic heterocycles. The monoisotopic (exact) mass is 294 g/mol. The first-order valence-corrected chi connectivity index (χ1v) is 8.00. The van der Waals surface area contributed by atoms with Gasteiger partial charge in [0.05, 0.1) is 18.6 Å². The van der Waals surface area contributed by atoms with Gasteiger partial charge in [-0.2, -0.15) is 0 Å². The fraction of sp³-hybridized carbons (Fsp3) is 0.533.